The van der Waals surface area contributed by atoms with Crippen molar-refractivity contribution in [3.8, 4) is 5.75 Å². The number of methoxy groups -OCH3 is 1. The van der Waals surface area contributed by atoms with Crippen LogP contribution < -0.4 is 10.1 Å². The standard InChI is InChI=1S/C13H17N3OS/c1-3-14-11(13-9-15-16-18-13)8-10-6-4-5-7-12(10)17-2/h4-7,9,11,14H,3,8H2,1-2H3. The molecule has 1 heterocycles. The zero-order valence-electron chi connectivity index (χ0n) is 10.6. The summed E-state index contributed by atoms with van der Waals surface area (Å²) in [6.07, 6.45) is 2.70. The zero-order chi connectivity index (χ0) is 12.8. The average Bonchev–Trinajstić information content (AvgIpc) is 2.92. The molecular weight excluding hydrogens is 246 g/mol. The Hall–Kier alpha value is -1.46. The van der Waals surface area contributed by atoms with Gasteiger partial charge < -0.3 is 10.1 Å². The third-order valence-corrected chi connectivity index (χ3v) is 3.57. The molecular formula is C13H17N3OS. The van der Waals surface area contributed by atoms with Crippen LogP contribution in [0.3, 0.4) is 0 Å². The molecule has 0 aliphatic carbocycles. The minimum atomic E-state index is 0.242. The molecule has 96 valence electrons. The van der Waals surface area contributed by atoms with Crippen LogP contribution in [0.15, 0.2) is 30.5 Å². The highest BCUT2D eigenvalue weighted by molar-refractivity contribution is 7.05. The molecule has 0 radical (unpaired) electrons. The van der Waals surface area contributed by atoms with Crippen molar-refractivity contribution in [3.63, 3.8) is 0 Å². The van der Waals surface area contributed by atoms with Crippen molar-refractivity contribution < 1.29 is 4.74 Å². The Kier molecular flexibility index (Phi) is 4.66. The lowest BCUT2D eigenvalue weighted by molar-refractivity contribution is 0.406. The number of hydrogen-bond acceptors (Lipinski definition) is 5. The van der Waals surface area contributed by atoms with Crippen LogP contribution in [0, 0.1) is 0 Å². The molecule has 0 spiro atoms. The molecule has 1 atom stereocenters. The van der Waals surface area contributed by atoms with Gasteiger partial charge in [-0.05, 0) is 36.1 Å². The molecule has 0 saturated heterocycles. The van der Waals surface area contributed by atoms with Crippen LogP contribution in [0.5, 0.6) is 5.75 Å². The number of para-hydroxylation sites is 1. The predicted molar refractivity (Wildman–Crippen MR) is 73.0 cm³/mol. The van der Waals surface area contributed by atoms with E-state index in [0.29, 0.717) is 0 Å². The highest BCUT2D eigenvalue weighted by Gasteiger charge is 2.15. The van der Waals surface area contributed by atoms with Crippen LogP contribution in [0.1, 0.15) is 23.4 Å². The molecule has 2 rings (SSSR count). The smallest absolute Gasteiger partial charge is 0.122 e. The SMILES string of the molecule is CCNC(Cc1ccccc1OC)c1cnns1. The van der Waals surface area contributed by atoms with E-state index in [1.165, 1.54) is 17.1 Å². The van der Waals surface area contributed by atoms with Crippen LogP contribution in [0.2, 0.25) is 0 Å². The number of ether oxygens (including phenoxy) is 1. The maximum atomic E-state index is 5.39. The van der Waals surface area contributed by atoms with E-state index in [2.05, 4.69) is 27.9 Å². The minimum Gasteiger partial charge on any atom is -0.496 e. The van der Waals surface area contributed by atoms with Crippen molar-refractivity contribution in [2.24, 2.45) is 0 Å². The minimum absolute atomic E-state index is 0.242. The van der Waals surface area contributed by atoms with Gasteiger partial charge in [0.15, 0.2) is 0 Å². The fourth-order valence-electron chi connectivity index (χ4n) is 1.94. The van der Waals surface area contributed by atoms with Gasteiger partial charge in [0.05, 0.1) is 18.2 Å². The van der Waals surface area contributed by atoms with E-state index in [1.54, 1.807) is 7.11 Å². The van der Waals surface area contributed by atoms with Crippen molar-refractivity contribution in [1.29, 1.82) is 0 Å². The topological polar surface area (TPSA) is 47.0 Å². The summed E-state index contributed by atoms with van der Waals surface area (Å²) in [5.41, 5.74) is 1.19. The number of likely N-dealkylation sites (N-methyl/N-ethyl adjacent to an activating group) is 1. The Bertz CT molecular complexity index is 473. The van der Waals surface area contributed by atoms with Gasteiger partial charge in [0, 0.05) is 6.04 Å². The Morgan fingerprint density at radius 3 is 2.89 bits per heavy atom. The lowest BCUT2D eigenvalue weighted by Gasteiger charge is -2.17. The van der Waals surface area contributed by atoms with E-state index in [4.69, 9.17) is 4.74 Å². The van der Waals surface area contributed by atoms with Crippen LogP contribution in [0.4, 0.5) is 0 Å². The second-order valence-electron chi connectivity index (χ2n) is 3.95. The third kappa shape index (κ3) is 3.05. The summed E-state index contributed by atoms with van der Waals surface area (Å²) in [4.78, 5) is 1.16. The van der Waals surface area contributed by atoms with Gasteiger partial charge in [-0.25, -0.2) is 0 Å². The molecule has 0 saturated carbocycles. The molecule has 1 aromatic heterocycles. The van der Waals surface area contributed by atoms with Crippen LogP contribution in [-0.4, -0.2) is 23.2 Å². The highest BCUT2D eigenvalue weighted by atomic mass is 32.1. The third-order valence-electron chi connectivity index (χ3n) is 2.79. The quantitative estimate of drug-likeness (QED) is 0.869. The van der Waals surface area contributed by atoms with Gasteiger partial charge in [0.2, 0.25) is 0 Å². The van der Waals surface area contributed by atoms with Gasteiger partial charge in [-0.3, -0.25) is 0 Å². The Balaban J connectivity index is 2.18. The summed E-state index contributed by atoms with van der Waals surface area (Å²) in [5, 5.41) is 7.37. The van der Waals surface area contributed by atoms with E-state index >= 15 is 0 Å². The second kappa shape index (κ2) is 6.47. The van der Waals surface area contributed by atoms with E-state index in [1.807, 2.05) is 24.4 Å². The zero-order valence-corrected chi connectivity index (χ0v) is 11.4. The normalized spacial score (nSPS) is 12.3. The van der Waals surface area contributed by atoms with Crippen LogP contribution in [-0.2, 0) is 6.42 Å². The van der Waals surface area contributed by atoms with Gasteiger partial charge in [-0.1, -0.05) is 29.6 Å². The first kappa shape index (κ1) is 13.0. The van der Waals surface area contributed by atoms with Gasteiger partial charge in [-0.15, -0.1) is 5.10 Å². The fourth-order valence-corrected chi connectivity index (χ4v) is 2.52. The van der Waals surface area contributed by atoms with Gasteiger partial charge in [-0.2, -0.15) is 0 Å². The molecule has 0 aliphatic rings. The van der Waals surface area contributed by atoms with Crippen LogP contribution >= 0.6 is 11.5 Å². The molecule has 18 heavy (non-hydrogen) atoms. The average molecular weight is 263 g/mol. The second-order valence-corrected chi connectivity index (χ2v) is 4.76. The summed E-state index contributed by atoms with van der Waals surface area (Å²) in [7, 11) is 1.70. The molecule has 5 heteroatoms. The maximum Gasteiger partial charge on any atom is 0.122 e. The van der Waals surface area contributed by atoms with Crippen LogP contribution in [0.25, 0.3) is 0 Å². The summed E-state index contributed by atoms with van der Waals surface area (Å²) < 4.78 is 9.32. The monoisotopic (exact) mass is 263 g/mol. The van der Waals surface area contributed by atoms with Crippen molar-refractivity contribution in [2.45, 2.75) is 19.4 Å². The number of hydrogen-bond donors (Lipinski definition) is 1. The van der Waals surface area contributed by atoms with E-state index < -0.39 is 0 Å². The lowest BCUT2D eigenvalue weighted by atomic mass is 10.0. The summed E-state index contributed by atoms with van der Waals surface area (Å²) >= 11 is 1.44. The molecule has 1 unspecified atom stereocenters. The summed E-state index contributed by atoms with van der Waals surface area (Å²) in [6, 6.07) is 8.34. The number of aromatic nitrogens is 2. The van der Waals surface area contributed by atoms with Crippen molar-refractivity contribution >= 4 is 11.5 Å². The van der Waals surface area contributed by atoms with E-state index in [-0.39, 0.29) is 6.04 Å². The van der Waals surface area contributed by atoms with Crippen molar-refractivity contribution in [3.05, 3.63) is 40.9 Å². The lowest BCUT2D eigenvalue weighted by Crippen LogP contribution is -2.22. The largest absolute Gasteiger partial charge is 0.496 e. The summed E-state index contributed by atoms with van der Waals surface area (Å²) in [5.74, 6) is 0.929. The molecule has 2 aromatic rings. The number of nitrogens with one attached hydrogen (secondary N) is 1. The molecule has 0 fully saturated rings. The first-order valence-corrected chi connectivity index (χ1v) is 6.75. The van der Waals surface area contributed by atoms with Gasteiger partial charge in [0.25, 0.3) is 0 Å². The molecule has 0 amide bonds. The highest BCUT2D eigenvalue weighted by Crippen LogP contribution is 2.25. The Morgan fingerprint density at radius 1 is 1.39 bits per heavy atom. The van der Waals surface area contributed by atoms with Crippen molar-refractivity contribution in [1.82, 2.24) is 14.9 Å². The molecule has 0 bridgehead atoms. The van der Waals surface area contributed by atoms with Crippen molar-refractivity contribution in [2.75, 3.05) is 13.7 Å². The molecule has 0 aliphatic heterocycles. The number of benzene rings is 1. The fraction of sp³-hybridized carbons (Fsp3) is 0.385. The summed E-state index contributed by atoms with van der Waals surface area (Å²) in [6.45, 7) is 3.02. The maximum absolute atomic E-state index is 5.39. The van der Waals surface area contributed by atoms with Gasteiger partial charge >= 0.3 is 0 Å². The molecule has 4 nitrogen and oxygen atoms in total. The number of rotatable bonds is 6. The first-order chi connectivity index (χ1) is 8.85. The predicted octanol–water partition coefficient (Wildman–Crippen LogP) is 2.44. The van der Waals surface area contributed by atoms with E-state index in [9.17, 15) is 0 Å². The van der Waals surface area contributed by atoms with Gasteiger partial charge in [0.1, 0.15) is 5.75 Å². The molecule has 1 N–H and O–H groups in total. The van der Waals surface area contributed by atoms with E-state index in [0.717, 1.165) is 23.6 Å². The number of nitrogens with zero attached hydrogens (tertiary/aromatic N) is 2. The Morgan fingerprint density at radius 2 is 2.22 bits per heavy atom. The first-order valence-electron chi connectivity index (χ1n) is 5.97. The Labute approximate surface area is 111 Å². The molecule has 1 aromatic carbocycles.